The molecule has 3 nitrogen and oxygen atoms in total. The molecular weight excluding hydrogens is 344 g/mol. The highest BCUT2D eigenvalue weighted by atomic mass is 35.5. The molecule has 1 saturated heterocycles. The third-order valence-corrected chi connectivity index (χ3v) is 6.08. The van der Waals surface area contributed by atoms with E-state index in [1.54, 1.807) is 0 Å². The lowest BCUT2D eigenvalue weighted by atomic mass is 9.89. The Balaban J connectivity index is 0.00000196. The molecule has 2 fully saturated rings. The van der Waals surface area contributed by atoms with E-state index in [0.29, 0.717) is 24.3 Å². The fourth-order valence-electron chi connectivity index (χ4n) is 4.49. The van der Waals surface area contributed by atoms with Crippen molar-refractivity contribution >= 4 is 18.3 Å². The van der Waals surface area contributed by atoms with Crippen molar-refractivity contribution in [3.63, 3.8) is 0 Å². The Bertz CT molecular complexity index is 773. The lowest BCUT2D eigenvalue weighted by Crippen LogP contribution is -2.38. The van der Waals surface area contributed by atoms with Crippen molar-refractivity contribution in [2.24, 2.45) is 11.7 Å². The average Bonchev–Trinajstić information content (AvgIpc) is 3.34. The Morgan fingerprint density at radius 1 is 1.08 bits per heavy atom. The molecule has 2 N–H and O–H groups in total. The van der Waals surface area contributed by atoms with Crippen LogP contribution in [0.2, 0.25) is 0 Å². The standard InChI is InChI=1S/C22H26N2O.ClH/c1-16-7-5-6-10-20(16)22(11-12-22)21(25)24-14-18(13-23)19(15-24)17-8-3-2-4-9-17;/h2-10,18-19H,11-15,23H2,1H3;1H/t18-,19+;/m1./s1. The van der Waals surface area contributed by atoms with Crippen molar-refractivity contribution in [1.82, 2.24) is 4.90 Å². The van der Waals surface area contributed by atoms with E-state index >= 15 is 0 Å². The summed E-state index contributed by atoms with van der Waals surface area (Å²) in [6.07, 6.45) is 1.94. The summed E-state index contributed by atoms with van der Waals surface area (Å²) in [4.78, 5) is 15.5. The van der Waals surface area contributed by atoms with E-state index in [0.717, 1.165) is 25.9 Å². The number of likely N-dealkylation sites (tertiary alicyclic amines) is 1. The summed E-state index contributed by atoms with van der Waals surface area (Å²) in [7, 11) is 0. The minimum Gasteiger partial charge on any atom is -0.341 e. The van der Waals surface area contributed by atoms with Crippen LogP contribution in [0, 0.1) is 12.8 Å². The summed E-state index contributed by atoms with van der Waals surface area (Å²) in [6.45, 7) is 4.31. The molecule has 0 spiro atoms. The van der Waals surface area contributed by atoms with Gasteiger partial charge in [-0.25, -0.2) is 0 Å². The van der Waals surface area contributed by atoms with E-state index in [1.165, 1.54) is 16.7 Å². The van der Waals surface area contributed by atoms with Gasteiger partial charge in [0.25, 0.3) is 0 Å². The zero-order valence-electron chi connectivity index (χ0n) is 15.2. The first kappa shape index (κ1) is 18.9. The zero-order valence-corrected chi connectivity index (χ0v) is 16.0. The van der Waals surface area contributed by atoms with E-state index in [9.17, 15) is 4.79 Å². The number of amides is 1. The van der Waals surface area contributed by atoms with Crippen molar-refractivity contribution in [3.05, 3.63) is 71.3 Å². The predicted molar refractivity (Wildman–Crippen MR) is 108 cm³/mol. The van der Waals surface area contributed by atoms with Crippen molar-refractivity contribution in [2.75, 3.05) is 19.6 Å². The van der Waals surface area contributed by atoms with E-state index in [2.05, 4.69) is 54.3 Å². The third-order valence-electron chi connectivity index (χ3n) is 6.08. The highest BCUT2D eigenvalue weighted by Crippen LogP contribution is 2.51. The summed E-state index contributed by atoms with van der Waals surface area (Å²) < 4.78 is 0. The van der Waals surface area contributed by atoms with Crippen LogP contribution in [-0.2, 0) is 10.2 Å². The maximum Gasteiger partial charge on any atom is 0.233 e. The molecule has 26 heavy (non-hydrogen) atoms. The Kier molecular flexibility index (Phi) is 5.40. The maximum absolute atomic E-state index is 13.4. The van der Waals surface area contributed by atoms with E-state index < -0.39 is 0 Å². The minimum atomic E-state index is -0.282. The van der Waals surface area contributed by atoms with Crippen LogP contribution < -0.4 is 5.73 Å². The normalized spacial score (nSPS) is 23.4. The number of aryl methyl sites for hydroxylation is 1. The predicted octanol–water partition coefficient (Wildman–Crippen LogP) is 3.65. The number of hydrogen-bond donors (Lipinski definition) is 1. The first-order valence-corrected chi connectivity index (χ1v) is 9.26. The van der Waals surface area contributed by atoms with Gasteiger partial charge in [0.05, 0.1) is 5.41 Å². The molecule has 1 amide bonds. The summed E-state index contributed by atoms with van der Waals surface area (Å²) >= 11 is 0. The third kappa shape index (κ3) is 3.15. The number of carbonyl (C=O) groups excluding carboxylic acids is 1. The molecule has 0 unspecified atom stereocenters. The van der Waals surface area contributed by atoms with Crippen molar-refractivity contribution < 1.29 is 4.79 Å². The van der Waals surface area contributed by atoms with Crippen LogP contribution in [0.4, 0.5) is 0 Å². The van der Waals surface area contributed by atoms with Gasteiger partial charge in [0, 0.05) is 19.0 Å². The number of nitrogens with two attached hydrogens (primary N) is 1. The summed E-state index contributed by atoms with van der Waals surface area (Å²) in [5.74, 6) is 1.00. The lowest BCUT2D eigenvalue weighted by molar-refractivity contribution is -0.133. The number of rotatable bonds is 4. The Morgan fingerprint density at radius 3 is 2.35 bits per heavy atom. The quantitative estimate of drug-likeness (QED) is 0.892. The van der Waals surface area contributed by atoms with Gasteiger partial charge in [-0.05, 0) is 48.9 Å². The lowest BCUT2D eigenvalue weighted by Gasteiger charge is -2.25. The number of carbonyl (C=O) groups is 1. The van der Waals surface area contributed by atoms with Gasteiger partial charge in [-0.3, -0.25) is 4.79 Å². The van der Waals surface area contributed by atoms with Crippen LogP contribution in [0.15, 0.2) is 54.6 Å². The largest absolute Gasteiger partial charge is 0.341 e. The van der Waals surface area contributed by atoms with Gasteiger partial charge in [-0.2, -0.15) is 0 Å². The van der Waals surface area contributed by atoms with Gasteiger partial charge in [0.1, 0.15) is 0 Å². The van der Waals surface area contributed by atoms with Crippen molar-refractivity contribution in [2.45, 2.75) is 31.1 Å². The van der Waals surface area contributed by atoms with Crippen LogP contribution in [0.3, 0.4) is 0 Å². The molecule has 1 aliphatic carbocycles. The van der Waals surface area contributed by atoms with E-state index in [1.807, 2.05) is 12.1 Å². The van der Waals surface area contributed by atoms with E-state index in [4.69, 9.17) is 5.73 Å². The molecule has 0 aromatic heterocycles. The summed E-state index contributed by atoms with van der Waals surface area (Å²) in [5.41, 5.74) is 9.50. The molecule has 0 bridgehead atoms. The molecule has 4 rings (SSSR count). The van der Waals surface area contributed by atoms with Crippen LogP contribution in [0.5, 0.6) is 0 Å². The second-order valence-corrected chi connectivity index (χ2v) is 7.62. The molecule has 2 aliphatic rings. The molecule has 138 valence electrons. The maximum atomic E-state index is 13.4. The molecular formula is C22H27ClN2O. The first-order chi connectivity index (χ1) is 12.2. The molecule has 1 saturated carbocycles. The van der Waals surface area contributed by atoms with Gasteiger partial charge >= 0.3 is 0 Å². The van der Waals surface area contributed by atoms with E-state index in [-0.39, 0.29) is 17.8 Å². The smallest absolute Gasteiger partial charge is 0.233 e. The van der Waals surface area contributed by atoms with Crippen LogP contribution >= 0.6 is 12.4 Å². The monoisotopic (exact) mass is 370 g/mol. The fourth-order valence-corrected chi connectivity index (χ4v) is 4.49. The van der Waals surface area contributed by atoms with Gasteiger partial charge < -0.3 is 10.6 Å². The summed E-state index contributed by atoms with van der Waals surface area (Å²) in [6, 6.07) is 18.8. The van der Waals surface area contributed by atoms with Crippen molar-refractivity contribution in [3.8, 4) is 0 Å². The van der Waals surface area contributed by atoms with Gasteiger partial charge in [-0.1, -0.05) is 54.6 Å². The molecule has 2 aromatic rings. The first-order valence-electron chi connectivity index (χ1n) is 9.26. The Labute approximate surface area is 162 Å². The van der Waals surface area contributed by atoms with Crippen LogP contribution in [0.25, 0.3) is 0 Å². The number of hydrogen-bond acceptors (Lipinski definition) is 2. The van der Waals surface area contributed by atoms with Crippen LogP contribution in [-0.4, -0.2) is 30.4 Å². The van der Waals surface area contributed by atoms with Crippen molar-refractivity contribution in [1.29, 1.82) is 0 Å². The minimum absolute atomic E-state index is 0. The zero-order chi connectivity index (χ0) is 17.4. The topological polar surface area (TPSA) is 46.3 Å². The molecule has 4 heteroatoms. The molecule has 2 aromatic carbocycles. The SMILES string of the molecule is Cc1ccccc1C1(C(=O)N2C[C@@H](CN)[C@H](c3ccccc3)C2)CC1.Cl. The molecule has 2 atom stereocenters. The molecule has 1 heterocycles. The van der Waals surface area contributed by atoms with Crippen LogP contribution in [0.1, 0.15) is 35.4 Å². The average molecular weight is 371 g/mol. The number of benzene rings is 2. The molecule has 1 aliphatic heterocycles. The fraction of sp³-hybridized carbons (Fsp3) is 0.409. The Morgan fingerprint density at radius 2 is 1.73 bits per heavy atom. The van der Waals surface area contributed by atoms with Gasteiger partial charge in [0.15, 0.2) is 0 Å². The number of nitrogens with zero attached hydrogens (tertiary/aromatic N) is 1. The second kappa shape index (κ2) is 7.42. The summed E-state index contributed by atoms with van der Waals surface area (Å²) in [5, 5.41) is 0. The highest BCUT2D eigenvalue weighted by Gasteiger charge is 2.55. The Hall–Kier alpha value is -1.84. The number of halogens is 1. The highest BCUT2D eigenvalue weighted by molar-refractivity contribution is 5.92. The van der Waals surface area contributed by atoms with Gasteiger partial charge in [0.2, 0.25) is 5.91 Å². The second-order valence-electron chi connectivity index (χ2n) is 7.62. The molecule has 0 radical (unpaired) electrons. The van der Waals surface area contributed by atoms with Gasteiger partial charge in [-0.15, -0.1) is 12.4 Å².